The van der Waals surface area contributed by atoms with E-state index in [9.17, 15) is 0 Å². The van der Waals surface area contributed by atoms with Gasteiger partial charge in [-0.15, -0.1) is 0 Å². The van der Waals surface area contributed by atoms with Crippen molar-refractivity contribution in [3.05, 3.63) is 59.7 Å². The van der Waals surface area contributed by atoms with Gasteiger partial charge in [-0.25, -0.2) is 20.0 Å². The summed E-state index contributed by atoms with van der Waals surface area (Å²) in [4.78, 5) is 23.8. The van der Waals surface area contributed by atoms with Gasteiger partial charge in [0.2, 0.25) is 0 Å². The molecule has 3 aromatic rings. The maximum atomic E-state index is 5.99. The number of hydrogen-bond donors (Lipinski definition) is 2. The predicted octanol–water partition coefficient (Wildman–Crippen LogP) is 2.92. The fourth-order valence-electron chi connectivity index (χ4n) is 2.93. The van der Waals surface area contributed by atoms with Gasteiger partial charge >= 0.3 is 0 Å². The third-order valence-electron chi connectivity index (χ3n) is 4.30. The minimum Gasteiger partial charge on any atom is -0.370 e. The monoisotopic (exact) mass is 405 g/mol. The fraction of sp³-hybridized carbons (Fsp3) is 0.273. The third-order valence-corrected chi connectivity index (χ3v) is 4.30. The highest BCUT2D eigenvalue weighted by Crippen LogP contribution is 2.26. The first-order valence-corrected chi connectivity index (χ1v) is 9.83. The van der Waals surface area contributed by atoms with Crippen LogP contribution in [0.5, 0.6) is 0 Å². The molecule has 8 nitrogen and oxygen atoms in total. The van der Waals surface area contributed by atoms with Gasteiger partial charge < -0.3 is 11.5 Å². The number of nitrogens with zero attached hydrogens (tertiary/aromatic N) is 5. The molecule has 0 saturated carbocycles. The molecule has 2 heterocycles. The molecule has 2 aromatic heterocycles. The zero-order valence-electron chi connectivity index (χ0n) is 17.5. The van der Waals surface area contributed by atoms with E-state index in [2.05, 4.69) is 21.0 Å². The number of aryl methyl sites for hydroxylation is 1. The summed E-state index contributed by atoms with van der Waals surface area (Å²) < 4.78 is 0. The second-order valence-electron chi connectivity index (χ2n) is 6.91. The molecule has 30 heavy (non-hydrogen) atoms. The Labute approximate surface area is 176 Å². The molecule has 0 amide bonds. The van der Waals surface area contributed by atoms with Gasteiger partial charge in [-0.1, -0.05) is 17.7 Å². The summed E-state index contributed by atoms with van der Waals surface area (Å²) >= 11 is 0. The number of anilines is 1. The number of rotatable bonds is 8. The van der Waals surface area contributed by atoms with Crippen LogP contribution in [0.25, 0.3) is 23.1 Å². The van der Waals surface area contributed by atoms with Gasteiger partial charge in [0, 0.05) is 18.1 Å². The molecule has 0 fully saturated rings. The Balaban J connectivity index is 1.96. The summed E-state index contributed by atoms with van der Waals surface area (Å²) in [5.74, 6) is 1.31. The Hall–Kier alpha value is -3.52. The summed E-state index contributed by atoms with van der Waals surface area (Å²) in [7, 11) is 0. The maximum Gasteiger partial charge on any atom is 0.186 e. The number of hydrogen-bond acceptors (Lipinski definition) is 6. The molecular weight excluding hydrogens is 378 g/mol. The van der Waals surface area contributed by atoms with Crippen LogP contribution in [-0.4, -0.2) is 40.1 Å². The molecule has 156 valence electrons. The van der Waals surface area contributed by atoms with Crippen molar-refractivity contribution in [3.8, 4) is 0 Å². The predicted molar refractivity (Wildman–Crippen MR) is 122 cm³/mol. The lowest BCUT2D eigenvalue weighted by atomic mass is 10.1. The van der Waals surface area contributed by atoms with E-state index in [0.29, 0.717) is 24.8 Å². The van der Waals surface area contributed by atoms with E-state index in [1.54, 1.807) is 11.3 Å². The second-order valence-corrected chi connectivity index (χ2v) is 6.91. The van der Waals surface area contributed by atoms with Crippen LogP contribution in [0.15, 0.2) is 47.6 Å². The largest absolute Gasteiger partial charge is 0.370 e. The number of pyridine rings is 1. The average Bonchev–Trinajstić information content (AvgIpc) is 2.73. The van der Waals surface area contributed by atoms with Gasteiger partial charge in [0.05, 0.1) is 23.9 Å². The molecule has 0 aliphatic heterocycles. The molecule has 0 radical (unpaired) electrons. The van der Waals surface area contributed by atoms with Crippen LogP contribution < -0.4 is 16.5 Å². The molecule has 4 N–H and O–H groups in total. The molecule has 1 atom stereocenters. The molecule has 1 unspecified atom stereocenters. The van der Waals surface area contributed by atoms with E-state index in [4.69, 9.17) is 21.3 Å². The molecule has 0 aliphatic rings. The number of aromatic nitrogens is 3. The van der Waals surface area contributed by atoms with Crippen molar-refractivity contribution in [2.45, 2.75) is 26.8 Å². The lowest BCUT2D eigenvalue weighted by Crippen LogP contribution is -2.30. The van der Waals surface area contributed by atoms with Gasteiger partial charge in [-0.3, -0.25) is 9.82 Å². The molecule has 0 aliphatic carbocycles. The van der Waals surface area contributed by atoms with Crippen molar-refractivity contribution in [1.82, 2.24) is 15.0 Å². The lowest BCUT2D eigenvalue weighted by molar-refractivity contribution is 0.101. The normalized spacial score (nSPS) is 12.2. The lowest BCUT2D eigenvalue weighted by Gasteiger charge is -2.24. The Morgan fingerprint density at radius 3 is 2.73 bits per heavy atom. The van der Waals surface area contributed by atoms with Gasteiger partial charge in [-0.05, 0) is 57.2 Å². The fourth-order valence-corrected chi connectivity index (χ4v) is 2.93. The van der Waals surface area contributed by atoms with Crippen molar-refractivity contribution in [3.63, 3.8) is 0 Å². The first-order valence-electron chi connectivity index (χ1n) is 9.83. The van der Waals surface area contributed by atoms with Crippen molar-refractivity contribution < 1.29 is 4.84 Å². The van der Waals surface area contributed by atoms with Gasteiger partial charge in [-0.2, -0.15) is 0 Å². The molecule has 0 saturated heterocycles. The van der Waals surface area contributed by atoms with Crippen LogP contribution in [0.1, 0.15) is 30.9 Å². The molecule has 1 aromatic carbocycles. The van der Waals surface area contributed by atoms with E-state index < -0.39 is 0 Å². The van der Waals surface area contributed by atoms with Crippen molar-refractivity contribution in [2.24, 2.45) is 16.5 Å². The zero-order chi connectivity index (χ0) is 21.5. The minimum absolute atomic E-state index is 0.0409. The third kappa shape index (κ3) is 5.51. The van der Waals surface area contributed by atoms with Gasteiger partial charge in [0.15, 0.2) is 17.6 Å². The highest BCUT2D eigenvalue weighted by Gasteiger charge is 2.15. The Morgan fingerprint density at radius 2 is 2.03 bits per heavy atom. The molecule has 3 rings (SSSR count). The van der Waals surface area contributed by atoms with E-state index in [1.165, 1.54) is 0 Å². The van der Waals surface area contributed by atoms with Crippen LogP contribution in [0.4, 0.5) is 5.82 Å². The summed E-state index contributed by atoms with van der Waals surface area (Å²) in [6, 6.07) is 11.6. The standard InChI is InChI=1S/C22H27N7O/c1-4-29(30-14-16(3)26-22(23)24)21-18-13-15(2)8-10-19(18)27-20(28-21)11-9-17-7-5-6-12-25-17/h5-13,16H,4,14H2,1-3H3,(H4,23,24,26). The number of fused-ring (bicyclic) bond motifs is 1. The van der Waals surface area contributed by atoms with Crippen LogP contribution in [0.3, 0.4) is 0 Å². The Kier molecular flexibility index (Phi) is 6.92. The SMILES string of the molecule is CCN(OCC(C)N=C(N)N)c1nc(C=Cc2ccccn2)nc2ccc(C)cc12. The zero-order valence-corrected chi connectivity index (χ0v) is 17.5. The van der Waals surface area contributed by atoms with E-state index in [0.717, 1.165) is 22.2 Å². The van der Waals surface area contributed by atoms with E-state index >= 15 is 0 Å². The van der Waals surface area contributed by atoms with Crippen molar-refractivity contribution in [2.75, 3.05) is 18.2 Å². The number of nitrogens with two attached hydrogens (primary N) is 2. The first-order chi connectivity index (χ1) is 14.5. The topological polar surface area (TPSA) is 116 Å². The average molecular weight is 406 g/mol. The van der Waals surface area contributed by atoms with Gasteiger partial charge in [0.25, 0.3) is 0 Å². The van der Waals surface area contributed by atoms with Crippen LogP contribution in [-0.2, 0) is 4.84 Å². The highest BCUT2D eigenvalue weighted by molar-refractivity contribution is 5.90. The number of guanidine groups is 1. The Bertz CT molecular complexity index is 1050. The van der Waals surface area contributed by atoms with Crippen LogP contribution >= 0.6 is 0 Å². The number of hydroxylamine groups is 1. The van der Waals surface area contributed by atoms with E-state index in [1.807, 2.05) is 63.3 Å². The number of aliphatic imine (C=N–C) groups is 1. The Morgan fingerprint density at radius 1 is 1.20 bits per heavy atom. The van der Waals surface area contributed by atoms with Crippen molar-refractivity contribution >= 4 is 34.8 Å². The quantitative estimate of drug-likeness (QED) is 0.336. The molecule has 8 heteroatoms. The second kappa shape index (κ2) is 9.80. The first kappa shape index (κ1) is 21.2. The summed E-state index contributed by atoms with van der Waals surface area (Å²) in [5.41, 5.74) is 13.7. The van der Waals surface area contributed by atoms with Crippen molar-refractivity contribution in [1.29, 1.82) is 0 Å². The number of benzene rings is 1. The van der Waals surface area contributed by atoms with E-state index in [-0.39, 0.29) is 12.0 Å². The van der Waals surface area contributed by atoms with Gasteiger partial charge in [0.1, 0.15) is 0 Å². The maximum absolute atomic E-state index is 5.99. The summed E-state index contributed by atoms with van der Waals surface area (Å²) in [6.45, 7) is 6.84. The highest BCUT2D eigenvalue weighted by atomic mass is 16.7. The molecule has 0 spiro atoms. The molecular formula is C22H27N7O. The van der Waals surface area contributed by atoms with Crippen LogP contribution in [0.2, 0.25) is 0 Å². The summed E-state index contributed by atoms with van der Waals surface area (Å²) in [6.07, 6.45) is 5.48. The smallest absolute Gasteiger partial charge is 0.186 e. The summed E-state index contributed by atoms with van der Waals surface area (Å²) in [5, 5.41) is 2.67. The molecule has 0 bridgehead atoms. The van der Waals surface area contributed by atoms with Crippen LogP contribution in [0, 0.1) is 6.92 Å². The minimum atomic E-state index is -0.178.